The molecule has 1 aromatic rings. The molecule has 0 aliphatic carbocycles. The number of urea groups is 1. The molecule has 0 spiro atoms. The first-order valence-corrected chi connectivity index (χ1v) is 7.68. The fraction of sp³-hybridized carbons (Fsp3) is 0.562. The van der Waals surface area contributed by atoms with E-state index in [4.69, 9.17) is 9.84 Å². The number of nitrogens with one attached hydrogen (secondary N) is 2. The Bertz CT molecular complexity index is 510. The van der Waals surface area contributed by atoms with Crippen LogP contribution in [0.1, 0.15) is 37.8 Å². The highest BCUT2D eigenvalue weighted by Crippen LogP contribution is 2.33. The van der Waals surface area contributed by atoms with Crippen molar-refractivity contribution in [3.63, 3.8) is 0 Å². The SMILES string of the molecule is CC(CCO)CNC(=O)NC1CCCOc2c(F)cccc21. The Kier molecular flexibility index (Phi) is 6.00. The summed E-state index contributed by atoms with van der Waals surface area (Å²) in [5.74, 6) is 0.0417. The van der Waals surface area contributed by atoms with E-state index in [0.29, 0.717) is 31.6 Å². The van der Waals surface area contributed by atoms with Crippen molar-refractivity contribution in [2.45, 2.75) is 32.2 Å². The Labute approximate surface area is 129 Å². The molecule has 2 atom stereocenters. The Balaban J connectivity index is 1.98. The van der Waals surface area contributed by atoms with Crippen molar-refractivity contribution in [3.8, 4) is 5.75 Å². The number of hydrogen-bond acceptors (Lipinski definition) is 3. The largest absolute Gasteiger partial charge is 0.490 e. The predicted molar refractivity (Wildman–Crippen MR) is 81.3 cm³/mol. The molecule has 0 bridgehead atoms. The molecule has 0 aromatic heterocycles. The van der Waals surface area contributed by atoms with Gasteiger partial charge in [0, 0.05) is 18.7 Å². The number of para-hydroxylation sites is 1. The summed E-state index contributed by atoms with van der Waals surface area (Å²) in [6, 6.07) is 4.22. The Morgan fingerprint density at radius 3 is 3.14 bits per heavy atom. The molecule has 0 fully saturated rings. The second-order valence-electron chi connectivity index (χ2n) is 5.67. The molecule has 22 heavy (non-hydrogen) atoms. The summed E-state index contributed by atoms with van der Waals surface area (Å²) in [6.45, 7) is 3.00. The van der Waals surface area contributed by atoms with Gasteiger partial charge in [-0.05, 0) is 31.2 Å². The molecule has 2 unspecified atom stereocenters. The predicted octanol–water partition coefficient (Wildman–Crippen LogP) is 2.36. The second-order valence-corrected chi connectivity index (χ2v) is 5.67. The molecule has 5 nitrogen and oxygen atoms in total. The first-order chi connectivity index (χ1) is 10.6. The van der Waals surface area contributed by atoms with Gasteiger partial charge in [0.15, 0.2) is 11.6 Å². The van der Waals surface area contributed by atoms with Crippen LogP contribution in [0.15, 0.2) is 18.2 Å². The Morgan fingerprint density at radius 1 is 1.55 bits per heavy atom. The maximum Gasteiger partial charge on any atom is 0.315 e. The molecule has 1 aliphatic rings. The van der Waals surface area contributed by atoms with Crippen LogP contribution >= 0.6 is 0 Å². The van der Waals surface area contributed by atoms with Crippen LogP contribution in [0.5, 0.6) is 5.75 Å². The number of halogens is 1. The van der Waals surface area contributed by atoms with Gasteiger partial charge in [0.05, 0.1) is 12.6 Å². The molecule has 2 rings (SSSR count). The maximum atomic E-state index is 13.8. The maximum absolute atomic E-state index is 13.8. The van der Waals surface area contributed by atoms with Crippen molar-refractivity contribution in [3.05, 3.63) is 29.6 Å². The van der Waals surface area contributed by atoms with E-state index in [1.807, 2.05) is 6.92 Å². The fourth-order valence-corrected chi connectivity index (χ4v) is 2.52. The van der Waals surface area contributed by atoms with Crippen LogP contribution in [0.3, 0.4) is 0 Å². The van der Waals surface area contributed by atoms with Gasteiger partial charge in [-0.1, -0.05) is 19.1 Å². The van der Waals surface area contributed by atoms with Gasteiger partial charge in [-0.15, -0.1) is 0 Å². The van der Waals surface area contributed by atoms with Crippen LogP contribution in [-0.4, -0.2) is 30.9 Å². The van der Waals surface area contributed by atoms with E-state index >= 15 is 0 Å². The third-order valence-corrected chi connectivity index (χ3v) is 3.79. The standard InChI is InChI=1S/C16H23FN2O3/c1-11(7-8-20)10-18-16(21)19-14-6-3-9-22-15-12(14)4-2-5-13(15)17/h2,4-5,11,14,20H,3,6-10H2,1H3,(H2,18,19,21). The summed E-state index contributed by atoms with van der Waals surface area (Å²) in [6.07, 6.45) is 2.10. The van der Waals surface area contributed by atoms with Crippen molar-refractivity contribution in [2.75, 3.05) is 19.8 Å². The summed E-state index contributed by atoms with van der Waals surface area (Å²) in [5.41, 5.74) is 0.677. The first kappa shape index (κ1) is 16.5. The molecule has 0 saturated carbocycles. The number of aliphatic hydroxyl groups excluding tert-OH is 1. The number of benzene rings is 1. The van der Waals surface area contributed by atoms with Crippen molar-refractivity contribution in [2.24, 2.45) is 5.92 Å². The Hall–Kier alpha value is -1.82. The lowest BCUT2D eigenvalue weighted by molar-refractivity contribution is 0.230. The number of aliphatic hydroxyl groups is 1. The number of carbonyl (C=O) groups excluding carboxylic acids is 1. The van der Waals surface area contributed by atoms with Gasteiger partial charge in [0.1, 0.15) is 0 Å². The zero-order valence-corrected chi connectivity index (χ0v) is 12.8. The number of rotatable bonds is 5. The molecular formula is C16H23FN2O3. The minimum Gasteiger partial charge on any atom is -0.490 e. The zero-order chi connectivity index (χ0) is 15.9. The van der Waals surface area contributed by atoms with Crippen LogP contribution < -0.4 is 15.4 Å². The second kappa shape index (κ2) is 7.98. The van der Waals surface area contributed by atoms with Crippen molar-refractivity contribution in [1.29, 1.82) is 0 Å². The smallest absolute Gasteiger partial charge is 0.315 e. The molecule has 1 aromatic carbocycles. The lowest BCUT2D eigenvalue weighted by atomic mass is 10.0. The summed E-state index contributed by atoms with van der Waals surface area (Å²) in [4.78, 5) is 12.0. The van der Waals surface area contributed by atoms with Crippen LogP contribution in [0.4, 0.5) is 9.18 Å². The van der Waals surface area contributed by atoms with E-state index < -0.39 is 5.82 Å². The normalized spacial score (nSPS) is 18.6. The van der Waals surface area contributed by atoms with E-state index in [1.54, 1.807) is 12.1 Å². The minimum absolute atomic E-state index is 0.108. The van der Waals surface area contributed by atoms with Crippen LogP contribution in [0.2, 0.25) is 0 Å². The molecule has 6 heteroatoms. The van der Waals surface area contributed by atoms with Crippen LogP contribution in [0, 0.1) is 11.7 Å². The molecule has 1 aliphatic heterocycles. The van der Waals surface area contributed by atoms with Gasteiger partial charge in [-0.3, -0.25) is 0 Å². The topological polar surface area (TPSA) is 70.6 Å². The van der Waals surface area contributed by atoms with Crippen molar-refractivity contribution >= 4 is 6.03 Å². The zero-order valence-electron chi connectivity index (χ0n) is 12.8. The first-order valence-electron chi connectivity index (χ1n) is 7.68. The van der Waals surface area contributed by atoms with Gasteiger partial charge in [0.25, 0.3) is 0 Å². The average Bonchev–Trinajstić information content (AvgIpc) is 2.69. The summed E-state index contributed by atoms with van der Waals surface area (Å²) in [7, 11) is 0. The number of hydrogen-bond donors (Lipinski definition) is 3. The fourth-order valence-electron chi connectivity index (χ4n) is 2.52. The number of fused-ring (bicyclic) bond motifs is 1. The quantitative estimate of drug-likeness (QED) is 0.782. The molecular weight excluding hydrogens is 287 g/mol. The van der Waals surface area contributed by atoms with Gasteiger partial charge in [0.2, 0.25) is 0 Å². The van der Waals surface area contributed by atoms with E-state index in [-0.39, 0.29) is 30.3 Å². The van der Waals surface area contributed by atoms with Gasteiger partial charge < -0.3 is 20.5 Å². The van der Waals surface area contributed by atoms with Gasteiger partial charge in [-0.25, -0.2) is 9.18 Å². The number of ether oxygens (including phenoxy) is 1. The summed E-state index contributed by atoms with van der Waals surface area (Å²) >= 11 is 0. The molecule has 1 heterocycles. The van der Waals surface area contributed by atoms with Gasteiger partial charge in [-0.2, -0.15) is 0 Å². The van der Waals surface area contributed by atoms with Crippen LogP contribution in [-0.2, 0) is 0 Å². The summed E-state index contributed by atoms with van der Waals surface area (Å²) < 4.78 is 19.3. The van der Waals surface area contributed by atoms with Gasteiger partial charge >= 0.3 is 6.03 Å². The molecule has 122 valence electrons. The number of amides is 2. The lowest BCUT2D eigenvalue weighted by Crippen LogP contribution is -2.40. The highest BCUT2D eigenvalue weighted by atomic mass is 19.1. The number of carbonyl (C=O) groups is 1. The minimum atomic E-state index is -0.400. The van der Waals surface area contributed by atoms with Crippen molar-refractivity contribution in [1.82, 2.24) is 10.6 Å². The van der Waals surface area contributed by atoms with Crippen LogP contribution in [0.25, 0.3) is 0 Å². The third-order valence-electron chi connectivity index (χ3n) is 3.79. The highest BCUT2D eigenvalue weighted by molar-refractivity contribution is 5.74. The molecule has 0 saturated heterocycles. The highest BCUT2D eigenvalue weighted by Gasteiger charge is 2.23. The summed E-state index contributed by atoms with van der Waals surface area (Å²) in [5, 5.41) is 14.5. The monoisotopic (exact) mass is 310 g/mol. The Morgan fingerprint density at radius 2 is 2.36 bits per heavy atom. The molecule has 3 N–H and O–H groups in total. The van der Waals surface area contributed by atoms with E-state index in [9.17, 15) is 9.18 Å². The van der Waals surface area contributed by atoms with E-state index in [0.717, 1.165) is 6.42 Å². The van der Waals surface area contributed by atoms with E-state index in [1.165, 1.54) is 6.07 Å². The van der Waals surface area contributed by atoms with E-state index in [2.05, 4.69) is 10.6 Å². The third kappa shape index (κ3) is 4.34. The molecule has 2 amide bonds. The lowest BCUT2D eigenvalue weighted by Gasteiger charge is -2.20. The average molecular weight is 310 g/mol. The molecule has 0 radical (unpaired) electrons. The van der Waals surface area contributed by atoms with Crippen molar-refractivity contribution < 1.29 is 19.0 Å².